The molecule has 3 rings (SSSR count). The number of rotatable bonds is 2. The molecule has 0 aliphatic carbocycles. The first-order valence-electron chi connectivity index (χ1n) is 6.06. The Morgan fingerprint density at radius 2 is 2.06 bits per heavy atom. The highest BCUT2D eigenvalue weighted by Crippen LogP contribution is 2.24. The second kappa shape index (κ2) is 4.30. The average molecular weight is 228 g/mol. The van der Waals surface area contributed by atoms with E-state index in [9.17, 15) is 0 Å². The Kier molecular flexibility index (Phi) is 2.65. The van der Waals surface area contributed by atoms with E-state index in [4.69, 9.17) is 5.73 Å². The predicted molar refractivity (Wildman–Crippen MR) is 66.3 cm³/mol. The molecule has 4 nitrogen and oxygen atoms in total. The summed E-state index contributed by atoms with van der Waals surface area (Å²) in [6, 6.07) is 10.2. The maximum absolute atomic E-state index is 5.76. The first-order valence-corrected chi connectivity index (χ1v) is 6.06. The average Bonchev–Trinajstić information content (AvgIpc) is 2.82. The fourth-order valence-corrected chi connectivity index (χ4v) is 2.39. The summed E-state index contributed by atoms with van der Waals surface area (Å²) in [4.78, 5) is 0. The Balaban J connectivity index is 2.00. The molecule has 1 aromatic carbocycles. The number of nitrogens with zero attached hydrogens (tertiary/aromatic N) is 3. The summed E-state index contributed by atoms with van der Waals surface area (Å²) in [6.07, 6.45) is 2.12. The van der Waals surface area contributed by atoms with Gasteiger partial charge in [-0.25, -0.2) is 0 Å². The summed E-state index contributed by atoms with van der Waals surface area (Å²) in [5.41, 5.74) is 6.89. The molecular weight excluding hydrogens is 212 g/mol. The molecule has 0 saturated carbocycles. The summed E-state index contributed by atoms with van der Waals surface area (Å²) >= 11 is 0. The molecule has 0 fully saturated rings. The van der Waals surface area contributed by atoms with Crippen LogP contribution in [0.5, 0.6) is 0 Å². The van der Waals surface area contributed by atoms with Crippen molar-refractivity contribution in [3.8, 4) is 11.4 Å². The van der Waals surface area contributed by atoms with Crippen molar-refractivity contribution in [2.45, 2.75) is 19.4 Å². The molecule has 0 saturated heterocycles. The zero-order valence-corrected chi connectivity index (χ0v) is 9.71. The van der Waals surface area contributed by atoms with Crippen molar-refractivity contribution in [1.29, 1.82) is 0 Å². The van der Waals surface area contributed by atoms with Gasteiger partial charge in [-0.2, -0.15) is 0 Å². The van der Waals surface area contributed by atoms with Crippen LogP contribution in [-0.2, 0) is 13.0 Å². The van der Waals surface area contributed by atoms with Gasteiger partial charge >= 0.3 is 0 Å². The number of fused-ring (bicyclic) bond motifs is 1. The van der Waals surface area contributed by atoms with Gasteiger partial charge in [0, 0.05) is 18.5 Å². The van der Waals surface area contributed by atoms with Crippen molar-refractivity contribution in [2.75, 3.05) is 6.54 Å². The molecule has 2 aromatic rings. The van der Waals surface area contributed by atoms with Crippen LogP contribution in [0.15, 0.2) is 30.3 Å². The summed E-state index contributed by atoms with van der Waals surface area (Å²) < 4.78 is 2.22. The van der Waals surface area contributed by atoms with Crippen LogP contribution in [0.3, 0.4) is 0 Å². The minimum absolute atomic E-state index is 0.556. The summed E-state index contributed by atoms with van der Waals surface area (Å²) in [5, 5.41) is 8.58. The van der Waals surface area contributed by atoms with Gasteiger partial charge in [-0.1, -0.05) is 30.3 Å². The Morgan fingerprint density at radius 1 is 1.24 bits per heavy atom. The van der Waals surface area contributed by atoms with Gasteiger partial charge in [0.15, 0.2) is 5.82 Å². The zero-order valence-electron chi connectivity index (χ0n) is 9.71. The van der Waals surface area contributed by atoms with Gasteiger partial charge < -0.3 is 10.3 Å². The second-order valence-electron chi connectivity index (χ2n) is 4.56. The number of hydrogen-bond donors (Lipinski definition) is 1. The maximum atomic E-state index is 5.76. The molecular formula is C13H16N4. The molecule has 88 valence electrons. The largest absolute Gasteiger partial charge is 0.330 e. The topological polar surface area (TPSA) is 56.7 Å². The maximum Gasteiger partial charge on any atom is 0.163 e. The molecule has 1 aliphatic rings. The summed E-state index contributed by atoms with van der Waals surface area (Å²) in [5.74, 6) is 2.62. The van der Waals surface area contributed by atoms with Crippen LogP contribution in [0.1, 0.15) is 12.2 Å². The number of benzene rings is 1. The molecule has 1 aromatic heterocycles. The Morgan fingerprint density at radius 3 is 2.82 bits per heavy atom. The van der Waals surface area contributed by atoms with Gasteiger partial charge in [-0.15, -0.1) is 10.2 Å². The van der Waals surface area contributed by atoms with Gasteiger partial charge in [0.2, 0.25) is 0 Å². The lowest BCUT2D eigenvalue weighted by Gasteiger charge is -2.22. The third-order valence-electron chi connectivity index (χ3n) is 3.41. The van der Waals surface area contributed by atoms with E-state index >= 15 is 0 Å². The Bertz CT molecular complexity index is 503. The monoisotopic (exact) mass is 228 g/mol. The predicted octanol–water partition coefficient (Wildman–Crippen LogP) is 1.47. The van der Waals surface area contributed by atoms with E-state index in [1.807, 2.05) is 18.2 Å². The number of aromatic nitrogens is 3. The van der Waals surface area contributed by atoms with Crippen LogP contribution in [0.2, 0.25) is 0 Å². The zero-order chi connectivity index (χ0) is 11.7. The molecule has 2 N–H and O–H groups in total. The van der Waals surface area contributed by atoms with E-state index in [0.29, 0.717) is 5.92 Å². The van der Waals surface area contributed by atoms with E-state index in [0.717, 1.165) is 43.1 Å². The first kappa shape index (κ1) is 10.5. The molecule has 0 radical (unpaired) electrons. The number of hydrogen-bond acceptors (Lipinski definition) is 3. The van der Waals surface area contributed by atoms with E-state index in [2.05, 4.69) is 26.9 Å². The van der Waals surface area contributed by atoms with E-state index < -0.39 is 0 Å². The minimum atomic E-state index is 0.556. The molecule has 1 unspecified atom stereocenters. The molecule has 17 heavy (non-hydrogen) atoms. The van der Waals surface area contributed by atoms with Crippen LogP contribution >= 0.6 is 0 Å². The fourth-order valence-electron chi connectivity index (χ4n) is 2.39. The lowest BCUT2D eigenvalue weighted by Crippen LogP contribution is -2.26. The lowest BCUT2D eigenvalue weighted by atomic mass is 9.99. The molecule has 1 atom stereocenters. The SMILES string of the molecule is NCC1CCc2nnc(-c3ccccc3)n2C1. The smallest absolute Gasteiger partial charge is 0.163 e. The van der Waals surface area contributed by atoms with Crippen molar-refractivity contribution >= 4 is 0 Å². The van der Waals surface area contributed by atoms with Gasteiger partial charge in [0.1, 0.15) is 5.82 Å². The van der Waals surface area contributed by atoms with Crippen molar-refractivity contribution in [1.82, 2.24) is 14.8 Å². The highest BCUT2D eigenvalue weighted by Gasteiger charge is 2.22. The minimum Gasteiger partial charge on any atom is -0.330 e. The number of aryl methyl sites for hydroxylation is 1. The van der Waals surface area contributed by atoms with E-state index in [1.54, 1.807) is 0 Å². The quantitative estimate of drug-likeness (QED) is 0.846. The summed E-state index contributed by atoms with van der Waals surface area (Å²) in [7, 11) is 0. The van der Waals surface area contributed by atoms with Crippen LogP contribution < -0.4 is 5.73 Å². The molecule has 4 heteroatoms. The standard InChI is InChI=1S/C13H16N4/c14-8-10-6-7-12-15-16-13(17(12)9-10)11-4-2-1-3-5-11/h1-5,10H,6-9,14H2. The Hall–Kier alpha value is -1.68. The van der Waals surface area contributed by atoms with Crippen LogP contribution in [0, 0.1) is 5.92 Å². The third-order valence-corrected chi connectivity index (χ3v) is 3.41. The Labute approximate surface area is 100 Å². The van der Waals surface area contributed by atoms with Gasteiger partial charge in [0.05, 0.1) is 0 Å². The van der Waals surface area contributed by atoms with Gasteiger partial charge in [-0.3, -0.25) is 0 Å². The van der Waals surface area contributed by atoms with Crippen molar-refractivity contribution < 1.29 is 0 Å². The molecule has 1 aliphatic heterocycles. The molecule has 0 spiro atoms. The highest BCUT2D eigenvalue weighted by atomic mass is 15.3. The van der Waals surface area contributed by atoms with Crippen molar-refractivity contribution in [3.63, 3.8) is 0 Å². The van der Waals surface area contributed by atoms with E-state index in [1.165, 1.54) is 0 Å². The van der Waals surface area contributed by atoms with Crippen molar-refractivity contribution in [2.24, 2.45) is 11.7 Å². The molecule has 0 bridgehead atoms. The normalized spacial score (nSPS) is 19.0. The van der Waals surface area contributed by atoms with Gasteiger partial charge in [-0.05, 0) is 18.9 Å². The first-order chi connectivity index (χ1) is 8.38. The number of nitrogens with two attached hydrogens (primary N) is 1. The molecule has 2 heterocycles. The van der Waals surface area contributed by atoms with Crippen LogP contribution in [-0.4, -0.2) is 21.3 Å². The summed E-state index contributed by atoms with van der Waals surface area (Å²) in [6.45, 7) is 1.69. The lowest BCUT2D eigenvalue weighted by molar-refractivity contribution is 0.375. The van der Waals surface area contributed by atoms with Crippen LogP contribution in [0.4, 0.5) is 0 Å². The molecule has 0 amide bonds. The highest BCUT2D eigenvalue weighted by molar-refractivity contribution is 5.55. The van der Waals surface area contributed by atoms with Gasteiger partial charge in [0.25, 0.3) is 0 Å². The van der Waals surface area contributed by atoms with Crippen LogP contribution in [0.25, 0.3) is 11.4 Å². The van der Waals surface area contributed by atoms with E-state index in [-0.39, 0.29) is 0 Å². The second-order valence-corrected chi connectivity index (χ2v) is 4.56. The van der Waals surface area contributed by atoms with Crippen molar-refractivity contribution in [3.05, 3.63) is 36.2 Å². The fraction of sp³-hybridized carbons (Fsp3) is 0.385. The third kappa shape index (κ3) is 1.85.